The van der Waals surface area contributed by atoms with E-state index in [1.165, 1.54) is 7.11 Å². The number of carbonyl (C=O) groups excluding carboxylic acids is 1. The van der Waals surface area contributed by atoms with Gasteiger partial charge in [-0.1, -0.05) is 53.2 Å². The van der Waals surface area contributed by atoms with Crippen molar-refractivity contribution in [3.8, 4) is 0 Å². The summed E-state index contributed by atoms with van der Waals surface area (Å²) in [6, 6.07) is 9.90. The minimum atomic E-state index is -0.677. The Bertz CT molecular complexity index is 333. The number of halogens is 1. The van der Waals surface area contributed by atoms with Gasteiger partial charge in [0.2, 0.25) is 0 Å². The number of rotatable bonds is 3. The molecule has 0 spiro atoms. The van der Waals surface area contributed by atoms with Crippen molar-refractivity contribution in [1.29, 1.82) is 0 Å². The first-order valence-electron chi connectivity index (χ1n) is 4.82. The Labute approximate surface area is 98.8 Å². The second-order valence-corrected chi connectivity index (χ2v) is 5.35. The highest BCUT2D eigenvalue weighted by molar-refractivity contribution is 9.10. The smallest absolute Gasteiger partial charge is 0.322 e. The summed E-state index contributed by atoms with van der Waals surface area (Å²) >= 11 is 3.44. The molecule has 0 aliphatic rings. The van der Waals surface area contributed by atoms with Crippen LogP contribution < -0.4 is 0 Å². The van der Waals surface area contributed by atoms with E-state index in [0.717, 1.165) is 5.56 Å². The van der Waals surface area contributed by atoms with Crippen molar-refractivity contribution in [1.82, 2.24) is 0 Å². The minimum Gasteiger partial charge on any atom is -0.468 e. The highest BCUT2D eigenvalue weighted by Gasteiger charge is 2.37. The Kier molecular flexibility index (Phi) is 3.91. The molecule has 1 aromatic carbocycles. The van der Waals surface area contributed by atoms with Crippen molar-refractivity contribution in [3.05, 3.63) is 35.9 Å². The first kappa shape index (κ1) is 12.2. The molecule has 2 unspecified atom stereocenters. The molecule has 0 saturated carbocycles. The third kappa shape index (κ3) is 2.59. The van der Waals surface area contributed by atoms with Crippen LogP contribution >= 0.6 is 15.9 Å². The number of hydrogen-bond donors (Lipinski definition) is 0. The summed E-state index contributed by atoms with van der Waals surface area (Å²) < 4.78 is 4.09. The van der Waals surface area contributed by atoms with E-state index in [1.807, 2.05) is 44.2 Å². The second-order valence-electron chi connectivity index (χ2n) is 3.70. The van der Waals surface area contributed by atoms with Crippen molar-refractivity contribution in [3.63, 3.8) is 0 Å². The fourth-order valence-corrected chi connectivity index (χ4v) is 1.86. The van der Waals surface area contributed by atoms with Gasteiger partial charge in [-0.15, -0.1) is 0 Å². The van der Waals surface area contributed by atoms with Crippen molar-refractivity contribution in [2.75, 3.05) is 7.11 Å². The molecular formula is C12H15BrO2. The Morgan fingerprint density at radius 1 is 1.40 bits per heavy atom. The fraction of sp³-hybridized carbons (Fsp3) is 0.417. The average molecular weight is 271 g/mol. The molecule has 0 bridgehead atoms. The van der Waals surface area contributed by atoms with Crippen LogP contribution in [0.5, 0.6) is 0 Å². The second kappa shape index (κ2) is 4.79. The van der Waals surface area contributed by atoms with E-state index >= 15 is 0 Å². The van der Waals surface area contributed by atoms with Crippen molar-refractivity contribution in [2.45, 2.75) is 24.1 Å². The van der Waals surface area contributed by atoms with Crippen LogP contribution in [-0.4, -0.2) is 17.4 Å². The molecule has 1 rings (SSSR count). The van der Waals surface area contributed by atoms with Crippen LogP contribution in [0.1, 0.15) is 25.3 Å². The maximum atomic E-state index is 11.6. The van der Waals surface area contributed by atoms with Gasteiger partial charge in [0.15, 0.2) is 0 Å². The maximum absolute atomic E-state index is 11.6. The zero-order chi connectivity index (χ0) is 11.5. The van der Waals surface area contributed by atoms with Crippen LogP contribution in [0.15, 0.2) is 30.3 Å². The molecule has 82 valence electrons. The summed E-state index contributed by atoms with van der Waals surface area (Å²) in [7, 11) is 1.40. The third-order valence-corrected chi connectivity index (χ3v) is 3.71. The predicted molar refractivity (Wildman–Crippen MR) is 64.2 cm³/mol. The lowest BCUT2D eigenvalue weighted by molar-refractivity contribution is -0.143. The molecule has 0 fully saturated rings. The van der Waals surface area contributed by atoms with E-state index in [0.29, 0.717) is 0 Å². The zero-order valence-corrected chi connectivity index (χ0v) is 10.7. The molecule has 1 aromatic rings. The quantitative estimate of drug-likeness (QED) is 0.623. The van der Waals surface area contributed by atoms with Gasteiger partial charge in [-0.3, -0.25) is 4.79 Å². The number of benzene rings is 1. The predicted octanol–water partition coefficient (Wildman–Crippen LogP) is 3.12. The van der Waals surface area contributed by atoms with Crippen LogP contribution in [0.25, 0.3) is 0 Å². The number of ether oxygens (including phenoxy) is 1. The molecule has 0 amide bonds. The Hall–Kier alpha value is -0.830. The van der Waals surface area contributed by atoms with Crippen LogP contribution in [-0.2, 0) is 9.53 Å². The maximum Gasteiger partial charge on any atom is 0.322 e. The number of esters is 1. The van der Waals surface area contributed by atoms with Gasteiger partial charge < -0.3 is 4.74 Å². The lowest BCUT2D eigenvalue weighted by Crippen LogP contribution is -2.35. The summed E-state index contributed by atoms with van der Waals surface area (Å²) in [5, 5.41) is 0. The molecule has 0 N–H and O–H groups in total. The zero-order valence-electron chi connectivity index (χ0n) is 9.16. The topological polar surface area (TPSA) is 26.3 Å². The van der Waals surface area contributed by atoms with Gasteiger partial charge >= 0.3 is 5.97 Å². The minimum absolute atomic E-state index is 0.0612. The van der Waals surface area contributed by atoms with E-state index in [2.05, 4.69) is 15.9 Å². The van der Waals surface area contributed by atoms with Gasteiger partial charge in [0, 0.05) is 5.92 Å². The van der Waals surface area contributed by atoms with Gasteiger partial charge in [-0.25, -0.2) is 0 Å². The van der Waals surface area contributed by atoms with E-state index in [1.54, 1.807) is 0 Å². The number of methoxy groups -OCH3 is 1. The SMILES string of the molecule is COC(=O)C(C)(Br)C(C)c1ccccc1. The average Bonchev–Trinajstić information content (AvgIpc) is 2.28. The largest absolute Gasteiger partial charge is 0.468 e. The fourth-order valence-electron chi connectivity index (χ4n) is 1.43. The third-order valence-electron chi connectivity index (χ3n) is 2.70. The standard InChI is InChI=1S/C12H15BrO2/c1-9(10-7-5-4-6-8-10)12(2,13)11(14)15-3/h4-9H,1-3H3. The molecule has 0 radical (unpaired) electrons. The van der Waals surface area contributed by atoms with Gasteiger partial charge in [0.25, 0.3) is 0 Å². The number of hydrogen-bond acceptors (Lipinski definition) is 2. The van der Waals surface area contributed by atoms with E-state index in [4.69, 9.17) is 4.74 Å². The first-order valence-corrected chi connectivity index (χ1v) is 5.61. The molecule has 2 atom stereocenters. The summed E-state index contributed by atoms with van der Waals surface area (Å²) in [6.45, 7) is 3.83. The normalized spacial score (nSPS) is 16.5. The van der Waals surface area contributed by atoms with Crippen molar-refractivity contribution < 1.29 is 9.53 Å². The van der Waals surface area contributed by atoms with E-state index in [9.17, 15) is 4.79 Å². The Morgan fingerprint density at radius 2 is 1.93 bits per heavy atom. The highest BCUT2D eigenvalue weighted by Crippen LogP contribution is 2.36. The van der Waals surface area contributed by atoms with E-state index < -0.39 is 4.32 Å². The Morgan fingerprint density at radius 3 is 2.40 bits per heavy atom. The molecular weight excluding hydrogens is 256 g/mol. The van der Waals surface area contributed by atoms with Crippen LogP contribution in [0.3, 0.4) is 0 Å². The molecule has 0 heterocycles. The van der Waals surface area contributed by atoms with Gasteiger partial charge in [0.1, 0.15) is 4.32 Å². The molecule has 0 aliphatic carbocycles. The highest BCUT2D eigenvalue weighted by atomic mass is 79.9. The summed E-state index contributed by atoms with van der Waals surface area (Å²) in [4.78, 5) is 11.6. The molecule has 0 saturated heterocycles. The molecule has 15 heavy (non-hydrogen) atoms. The number of alkyl halides is 1. The van der Waals surface area contributed by atoms with Crippen molar-refractivity contribution >= 4 is 21.9 Å². The monoisotopic (exact) mass is 270 g/mol. The van der Waals surface area contributed by atoms with Gasteiger partial charge in [-0.2, -0.15) is 0 Å². The lowest BCUT2D eigenvalue weighted by Gasteiger charge is -2.27. The summed E-state index contributed by atoms with van der Waals surface area (Å²) in [5.74, 6) is -0.190. The summed E-state index contributed by atoms with van der Waals surface area (Å²) in [5.41, 5.74) is 1.11. The Balaban J connectivity index is 2.94. The molecule has 0 aromatic heterocycles. The summed E-state index contributed by atoms with van der Waals surface area (Å²) in [6.07, 6.45) is 0. The molecule has 0 aliphatic heterocycles. The van der Waals surface area contributed by atoms with Gasteiger partial charge in [-0.05, 0) is 12.5 Å². The first-order chi connectivity index (χ1) is 7.00. The number of carbonyl (C=O) groups is 1. The lowest BCUT2D eigenvalue weighted by atomic mass is 9.89. The van der Waals surface area contributed by atoms with Crippen LogP contribution in [0, 0.1) is 0 Å². The van der Waals surface area contributed by atoms with Crippen LogP contribution in [0.2, 0.25) is 0 Å². The molecule has 3 heteroatoms. The van der Waals surface area contributed by atoms with E-state index in [-0.39, 0.29) is 11.9 Å². The van der Waals surface area contributed by atoms with Crippen LogP contribution in [0.4, 0.5) is 0 Å². The van der Waals surface area contributed by atoms with Gasteiger partial charge in [0.05, 0.1) is 7.11 Å². The van der Waals surface area contributed by atoms with Crippen molar-refractivity contribution in [2.24, 2.45) is 0 Å². The molecule has 2 nitrogen and oxygen atoms in total.